The number of aromatic nitrogens is 4. The van der Waals surface area contributed by atoms with E-state index in [9.17, 15) is 9.59 Å². The van der Waals surface area contributed by atoms with Crippen LogP contribution in [0.2, 0.25) is 0 Å². The maximum atomic E-state index is 13.1. The van der Waals surface area contributed by atoms with E-state index in [4.69, 9.17) is 9.47 Å². The summed E-state index contributed by atoms with van der Waals surface area (Å²) in [6, 6.07) is 17.5. The molecule has 0 atom stereocenters. The molecule has 4 aromatic rings. The number of nitrogens with zero attached hydrogens (tertiary/aromatic N) is 3. The number of methoxy groups -OCH3 is 2. The largest absolute Gasteiger partial charge is 1.00 e. The van der Waals surface area contributed by atoms with Crippen LogP contribution in [0.5, 0.6) is 11.5 Å². The predicted octanol–water partition coefficient (Wildman–Crippen LogP) is -0.120. The molecule has 0 fully saturated rings. The second-order valence-electron chi connectivity index (χ2n) is 7.04. The van der Waals surface area contributed by atoms with Gasteiger partial charge >= 0.3 is 51.4 Å². The molecule has 0 aliphatic carbocycles. The minimum atomic E-state index is -0.577. The van der Waals surface area contributed by atoms with Gasteiger partial charge in [-0.25, -0.2) is 4.98 Å². The third kappa shape index (κ3) is 5.96. The Morgan fingerprint density at radius 3 is 2.03 bits per heavy atom. The molecule has 4 rings (SSSR count). The first-order valence-electron chi connectivity index (χ1n) is 10.0. The summed E-state index contributed by atoms with van der Waals surface area (Å²) in [5.41, 5.74) is 1.33. The fraction of sp³-hybridized carbons (Fsp3) is 0.125. The van der Waals surface area contributed by atoms with Crippen molar-refractivity contribution in [3.05, 3.63) is 100 Å². The van der Waals surface area contributed by atoms with Gasteiger partial charge in [0, 0.05) is 12.4 Å². The smallest absolute Gasteiger partial charge is 1.00 e. The quantitative estimate of drug-likeness (QED) is 0.352. The van der Waals surface area contributed by atoms with Crippen LogP contribution < -0.4 is 71.7 Å². The second kappa shape index (κ2) is 12.0. The molecule has 2 heterocycles. The molecule has 1 amide bonds. The first-order valence-corrected chi connectivity index (χ1v) is 10.0. The number of ether oxygens (including phenoxy) is 2. The van der Waals surface area contributed by atoms with Gasteiger partial charge in [-0.1, -0.05) is 24.3 Å². The molecule has 0 unspecified atom stereocenters. The van der Waals surface area contributed by atoms with Crippen LogP contribution in [0.15, 0.2) is 77.9 Å². The summed E-state index contributed by atoms with van der Waals surface area (Å²) in [6.07, 6.45) is 2.75. The van der Waals surface area contributed by atoms with Gasteiger partial charge in [0.1, 0.15) is 22.8 Å². The van der Waals surface area contributed by atoms with E-state index in [-0.39, 0.29) is 64.2 Å². The zero-order valence-electron chi connectivity index (χ0n) is 20.0. The van der Waals surface area contributed by atoms with Gasteiger partial charge in [-0.2, -0.15) is 5.10 Å². The summed E-state index contributed by atoms with van der Waals surface area (Å²) >= 11 is 0. The van der Waals surface area contributed by atoms with Crippen molar-refractivity contribution in [1.82, 2.24) is 25.5 Å². The van der Waals surface area contributed by atoms with Gasteiger partial charge in [0.2, 0.25) is 0 Å². The molecule has 2 N–H and O–H groups in total. The number of hydrogen-bond donors (Lipinski definition) is 2. The number of aromatic amines is 1. The predicted molar refractivity (Wildman–Crippen MR) is 122 cm³/mol. The van der Waals surface area contributed by atoms with E-state index in [1.54, 1.807) is 26.4 Å². The van der Waals surface area contributed by atoms with Crippen molar-refractivity contribution < 1.29 is 67.1 Å². The molecule has 0 saturated heterocycles. The molecule has 0 saturated carbocycles. The second-order valence-corrected chi connectivity index (χ2v) is 7.04. The van der Waals surface area contributed by atoms with Crippen LogP contribution in [0, 0.1) is 0 Å². The number of amides is 1. The average Bonchev–Trinajstić information content (AvgIpc) is 2.88. The summed E-state index contributed by atoms with van der Waals surface area (Å²) in [6.45, 7) is 0. The normalized spacial score (nSPS) is 10.3. The number of carbonyl (C=O) groups is 1. The molecule has 34 heavy (non-hydrogen) atoms. The first kappa shape index (κ1) is 25.7. The fourth-order valence-electron chi connectivity index (χ4n) is 3.28. The molecule has 0 spiro atoms. The molecule has 9 nitrogen and oxygen atoms in total. The Labute approximate surface area is 239 Å². The average molecular weight is 484 g/mol. The van der Waals surface area contributed by atoms with Crippen LogP contribution in [0.25, 0.3) is 11.5 Å². The molecule has 168 valence electrons. The number of H-pyrrole nitrogens is 1. The van der Waals surface area contributed by atoms with Gasteiger partial charge < -0.3 is 21.2 Å². The van der Waals surface area contributed by atoms with Crippen molar-refractivity contribution in [2.24, 2.45) is 0 Å². The molecule has 0 bridgehead atoms. The van der Waals surface area contributed by atoms with E-state index in [0.717, 1.165) is 11.1 Å². The Hall–Kier alpha value is -2.89. The van der Waals surface area contributed by atoms with Gasteiger partial charge in [-0.3, -0.25) is 9.59 Å². The number of hydrogen-bond acceptors (Lipinski definition) is 7. The number of rotatable bonds is 7. The van der Waals surface area contributed by atoms with E-state index in [1.807, 2.05) is 48.5 Å². The maximum absolute atomic E-state index is 13.1. The van der Waals surface area contributed by atoms with Gasteiger partial charge in [0.05, 0.1) is 20.3 Å². The Balaban J connectivity index is 0.00000216. The standard InChI is InChI=1S/C24H21N5O4.K.H/c1-32-17-9-5-15(6-10-17)21(16-7-11-18(33-2)12-8-16)27-23(30)19-14-25-22(28-24(19)31)20-4-3-13-26-29-20;;/h3-14,21H,1-2H3,(H,27,30)(H,25,28,31);;/q;+1;-1. The number of nitrogens with one attached hydrogen (secondary N) is 2. The van der Waals surface area contributed by atoms with Crippen LogP contribution in [0.4, 0.5) is 0 Å². The molecule has 2 aromatic carbocycles. The molecule has 0 aliphatic rings. The van der Waals surface area contributed by atoms with E-state index >= 15 is 0 Å². The third-order valence-electron chi connectivity index (χ3n) is 5.03. The SMILES string of the molecule is COc1ccc(C(NC(=O)c2cnc(-c3cccnn3)[nH]c2=O)c2ccc(OC)cc2)cc1.[H-].[K+]. The molecule has 10 heteroatoms. The summed E-state index contributed by atoms with van der Waals surface area (Å²) < 4.78 is 10.5. The monoisotopic (exact) mass is 483 g/mol. The number of benzene rings is 2. The van der Waals surface area contributed by atoms with Crippen molar-refractivity contribution in [2.45, 2.75) is 6.04 Å². The first-order chi connectivity index (χ1) is 16.1. The van der Waals surface area contributed by atoms with Crippen LogP contribution in [-0.4, -0.2) is 40.3 Å². The van der Waals surface area contributed by atoms with Crippen LogP contribution >= 0.6 is 0 Å². The van der Waals surface area contributed by atoms with Gasteiger partial charge in [0.25, 0.3) is 11.5 Å². The van der Waals surface area contributed by atoms with Crippen molar-refractivity contribution in [3.63, 3.8) is 0 Å². The maximum Gasteiger partial charge on any atom is 1.00 e. The van der Waals surface area contributed by atoms with Crippen molar-refractivity contribution in [1.29, 1.82) is 0 Å². The summed E-state index contributed by atoms with van der Waals surface area (Å²) in [4.78, 5) is 32.5. The van der Waals surface area contributed by atoms with Crippen molar-refractivity contribution >= 4 is 5.91 Å². The van der Waals surface area contributed by atoms with E-state index < -0.39 is 17.5 Å². The third-order valence-corrected chi connectivity index (χ3v) is 5.03. The molecule has 0 radical (unpaired) electrons. The zero-order chi connectivity index (χ0) is 23.2. The Morgan fingerprint density at radius 1 is 0.971 bits per heavy atom. The Kier molecular flexibility index (Phi) is 9.08. The van der Waals surface area contributed by atoms with Crippen molar-refractivity contribution in [2.75, 3.05) is 14.2 Å². The molecule has 2 aromatic heterocycles. The molecular weight excluding hydrogens is 461 g/mol. The van der Waals surface area contributed by atoms with Crippen LogP contribution in [-0.2, 0) is 0 Å². The van der Waals surface area contributed by atoms with Crippen LogP contribution in [0.3, 0.4) is 0 Å². The fourth-order valence-corrected chi connectivity index (χ4v) is 3.28. The molecule has 0 aliphatic heterocycles. The van der Waals surface area contributed by atoms with E-state index in [1.165, 1.54) is 12.4 Å². The van der Waals surface area contributed by atoms with Crippen molar-refractivity contribution in [3.8, 4) is 23.0 Å². The Morgan fingerprint density at radius 2 is 1.56 bits per heavy atom. The van der Waals surface area contributed by atoms with E-state index in [0.29, 0.717) is 17.2 Å². The molecular formula is C24H22KN5O4. The minimum absolute atomic E-state index is 0. The van der Waals surface area contributed by atoms with Crippen LogP contribution in [0.1, 0.15) is 29.0 Å². The topological polar surface area (TPSA) is 119 Å². The summed E-state index contributed by atoms with van der Waals surface area (Å²) in [5, 5.41) is 10.6. The summed E-state index contributed by atoms with van der Waals surface area (Å²) in [7, 11) is 3.17. The van der Waals surface area contributed by atoms with Gasteiger partial charge in [0.15, 0.2) is 5.82 Å². The summed E-state index contributed by atoms with van der Waals surface area (Å²) in [5.74, 6) is 1.05. The Bertz CT molecular complexity index is 1250. The number of carbonyl (C=O) groups excluding carboxylic acids is 1. The van der Waals surface area contributed by atoms with Gasteiger partial charge in [-0.05, 0) is 47.5 Å². The van der Waals surface area contributed by atoms with E-state index in [2.05, 4.69) is 25.5 Å². The zero-order valence-corrected chi connectivity index (χ0v) is 22.1. The minimum Gasteiger partial charge on any atom is -1.00 e. The van der Waals surface area contributed by atoms with Gasteiger partial charge in [-0.15, -0.1) is 5.10 Å².